The Morgan fingerprint density at radius 1 is 1.10 bits per heavy atom. The Hall–Kier alpha value is -2.34. The second-order valence-corrected chi connectivity index (χ2v) is 6.14. The van der Waals surface area contributed by atoms with Gasteiger partial charge in [0.25, 0.3) is 10.0 Å². The summed E-state index contributed by atoms with van der Waals surface area (Å²) in [4.78, 5) is 11.2. The molecule has 0 radical (unpaired) electrons. The fourth-order valence-electron chi connectivity index (χ4n) is 1.87. The van der Waals surface area contributed by atoms with E-state index in [9.17, 15) is 13.2 Å². The van der Waals surface area contributed by atoms with E-state index in [4.69, 9.17) is 5.11 Å². The summed E-state index contributed by atoms with van der Waals surface area (Å²) < 4.78 is 26.9. The van der Waals surface area contributed by atoms with Crippen LogP contribution in [0.3, 0.4) is 0 Å². The zero-order valence-electron chi connectivity index (χ0n) is 11.4. The first kappa shape index (κ1) is 15.1. The molecule has 0 amide bonds. The predicted octanol–water partition coefficient (Wildman–Crippen LogP) is 2.75. The quantitative estimate of drug-likeness (QED) is 0.889. The third-order valence-corrected chi connectivity index (χ3v) is 4.43. The molecule has 0 spiro atoms. The number of rotatable bonds is 5. The number of hydrogen-bond acceptors (Lipinski definition) is 3. The molecule has 0 aliphatic rings. The van der Waals surface area contributed by atoms with E-state index in [0.29, 0.717) is 0 Å². The molecule has 21 heavy (non-hydrogen) atoms. The normalized spacial score (nSPS) is 11.1. The Morgan fingerprint density at radius 2 is 1.71 bits per heavy atom. The van der Waals surface area contributed by atoms with Crippen molar-refractivity contribution in [1.82, 2.24) is 0 Å². The molecule has 5 nitrogen and oxygen atoms in total. The van der Waals surface area contributed by atoms with Crippen LogP contribution in [0, 0.1) is 0 Å². The molecule has 0 saturated carbocycles. The van der Waals surface area contributed by atoms with E-state index in [0.717, 1.165) is 12.0 Å². The number of hydrogen-bond donors (Lipinski definition) is 2. The van der Waals surface area contributed by atoms with Gasteiger partial charge in [-0.05, 0) is 36.2 Å². The highest BCUT2D eigenvalue weighted by Gasteiger charge is 2.17. The van der Waals surface area contributed by atoms with E-state index in [2.05, 4.69) is 4.72 Å². The van der Waals surface area contributed by atoms with E-state index >= 15 is 0 Å². The highest BCUT2D eigenvalue weighted by molar-refractivity contribution is 7.92. The van der Waals surface area contributed by atoms with Gasteiger partial charge in [-0.15, -0.1) is 0 Å². The van der Waals surface area contributed by atoms with Crippen molar-refractivity contribution in [3.05, 3.63) is 59.7 Å². The molecule has 110 valence electrons. The fraction of sp³-hybridized carbons (Fsp3) is 0.133. The van der Waals surface area contributed by atoms with Crippen molar-refractivity contribution in [3.63, 3.8) is 0 Å². The van der Waals surface area contributed by atoms with Crippen LogP contribution >= 0.6 is 0 Å². The minimum atomic E-state index is -3.81. The molecule has 0 aliphatic heterocycles. The van der Waals surface area contributed by atoms with Crippen molar-refractivity contribution >= 4 is 21.7 Å². The molecule has 6 heteroatoms. The first-order valence-electron chi connectivity index (χ1n) is 6.38. The van der Waals surface area contributed by atoms with Crippen molar-refractivity contribution in [2.45, 2.75) is 18.2 Å². The zero-order valence-corrected chi connectivity index (χ0v) is 12.2. The first-order chi connectivity index (χ1) is 9.94. The van der Waals surface area contributed by atoms with Crippen molar-refractivity contribution < 1.29 is 18.3 Å². The van der Waals surface area contributed by atoms with E-state index in [1.807, 2.05) is 6.92 Å². The lowest BCUT2D eigenvalue weighted by Gasteiger charge is -2.10. The minimum Gasteiger partial charge on any atom is -0.478 e. The summed E-state index contributed by atoms with van der Waals surface area (Å²) in [6.45, 7) is 1.98. The number of anilines is 1. The van der Waals surface area contributed by atoms with Crippen LogP contribution in [0.5, 0.6) is 0 Å². The van der Waals surface area contributed by atoms with E-state index in [1.165, 1.54) is 30.3 Å². The van der Waals surface area contributed by atoms with Gasteiger partial charge in [0, 0.05) is 0 Å². The molecule has 2 aromatic rings. The lowest BCUT2D eigenvalue weighted by atomic mass is 10.2. The highest BCUT2D eigenvalue weighted by Crippen LogP contribution is 2.20. The smallest absolute Gasteiger partial charge is 0.337 e. The SMILES string of the molecule is CCc1ccc(S(=O)(=O)Nc2ccccc2C(=O)O)cc1. The van der Waals surface area contributed by atoms with Crippen LogP contribution in [0.25, 0.3) is 0 Å². The van der Waals surface area contributed by atoms with Gasteiger partial charge in [-0.3, -0.25) is 4.72 Å². The average molecular weight is 305 g/mol. The third kappa shape index (κ3) is 3.41. The number of carbonyl (C=O) groups is 1. The summed E-state index contributed by atoms with van der Waals surface area (Å²) in [7, 11) is -3.81. The standard InChI is InChI=1S/C15H15NO4S/c1-2-11-7-9-12(10-8-11)21(19,20)16-14-6-4-3-5-13(14)15(17)18/h3-10,16H,2H2,1H3,(H,17,18). The topological polar surface area (TPSA) is 83.5 Å². The minimum absolute atomic E-state index is 0.0459. The van der Waals surface area contributed by atoms with Crippen LogP contribution in [0.2, 0.25) is 0 Å². The van der Waals surface area contributed by atoms with Gasteiger partial charge in [0.05, 0.1) is 16.1 Å². The summed E-state index contributed by atoms with van der Waals surface area (Å²) in [6, 6.07) is 12.4. The average Bonchev–Trinajstić information content (AvgIpc) is 2.47. The van der Waals surface area contributed by atoms with Crippen LogP contribution in [0.4, 0.5) is 5.69 Å². The molecule has 0 fully saturated rings. The van der Waals surface area contributed by atoms with E-state index in [1.54, 1.807) is 18.2 Å². The molecule has 0 aliphatic carbocycles. The maximum atomic E-state index is 12.3. The molecule has 0 unspecified atom stereocenters. The number of aryl methyl sites for hydroxylation is 1. The number of carboxylic acids is 1. The van der Waals surface area contributed by atoms with Gasteiger partial charge >= 0.3 is 5.97 Å². The highest BCUT2D eigenvalue weighted by atomic mass is 32.2. The lowest BCUT2D eigenvalue weighted by Crippen LogP contribution is -2.15. The molecule has 2 rings (SSSR count). The number of benzene rings is 2. The molecule has 2 aromatic carbocycles. The molecule has 0 aromatic heterocycles. The molecule has 0 heterocycles. The Balaban J connectivity index is 2.35. The summed E-state index contributed by atoms with van der Waals surface area (Å²) in [5.74, 6) is -1.19. The summed E-state index contributed by atoms with van der Waals surface area (Å²) >= 11 is 0. The van der Waals surface area contributed by atoms with Crippen LogP contribution < -0.4 is 4.72 Å². The van der Waals surface area contributed by atoms with E-state index in [-0.39, 0.29) is 16.1 Å². The molecular formula is C15H15NO4S. The number of nitrogens with one attached hydrogen (secondary N) is 1. The van der Waals surface area contributed by atoms with Gasteiger partial charge in [-0.2, -0.15) is 0 Å². The van der Waals surface area contributed by atoms with Crippen molar-refractivity contribution in [2.75, 3.05) is 4.72 Å². The Kier molecular flexibility index (Phi) is 4.28. The van der Waals surface area contributed by atoms with Gasteiger partial charge in [0.2, 0.25) is 0 Å². The maximum Gasteiger partial charge on any atom is 0.337 e. The Bertz CT molecular complexity index is 751. The molecule has 0 atom stereocenters. The van der Waals surface area contributed by atoms with Crippen molar-refractivity contribution in [3.8, 4) is 0 Å². The Morgan fingerprint density at radius 3 is 2.29 bits per heavy atom. The summed E-state index contributed by atoms with van der Waals surface area (Å²) in [5.41, 5.74) is 0.982. The van der Waals surface area contributed by atoms with Gasteiger partial charge in [0.1, 0.15) is 0 Å². The van der Waals surface area contributed by atoms with Crippen LogP contribution in [-0.2, 0) is 16.4 Å². The molecule has 0 bridgehead atoms. The van der Waals surface area contributed by atoms with Gasteiger partial charge in [-0.25, -0.2) is 13.2 Å². The number of carboxylic acid groups (broad SMARTS) is 1. The second kappa shape index (κ2) is 5.97. The van der Waals surface area contributed by atoms with Crippen LogP contribution in [-0.4, -0.2) is 19.5 Å². The van der Waals surface area contributed by atoms with E-state index < -0.39 is 16.0 Å². The monoisotopic (exact) mass is 305 g/mol. The molecule has 2 N–H and O–H groups in total. The van der Waals surface area contributed by atoms with Gasteiger partial charge in [-0.1, -0.05) is 31.2 Å². The second-order valence-electron chi connectivity index (χ2n) is 4.45. The number of aromatic carboxylic acids is 1. The number of sulfonamides is 1. The number of para-hydroxylation sites is 1. The molecular weight excluding hydrogens is 290 g/mol. The summed E-state index contributed by atoms with van der Waals surface area (Å²) in [6.07, 6.45) is 0.815. The van der Waals surface area contributed by atoms with Gasteiger partial charge in [0.15, 0.2) is 0 Å². The largest absolute Gasteiger partial charge is 0.478 e. The molecule has 0 saturated heterocycles. The third-order valence-electron chi connectivity index (χ3n) is 3.04. The van der Waals surface area contributed by atoms with Crippen molar-refractivity contribution in [1.29, 1.82) is 0 Å². The van der Waals surface area contributed by atoms with Crippen LogP contribution in [0.1, 0.15) is 22.8 Å². The fourth-order valence-corrected chi connectivity index (χ4v) is 2.95. The maximum absolute atomic E-state index is 12.3. The lowest BCUT2D eigenvalue weighted by molar-refractivity contribution is 0.0698. The first-order valence-corrected chi connectivity index (χ1v) is 7.86. The predicted molar refractivity (Wildman–Crippen MR) is 80.0 cm³/mol. The van der Waals surface area contributed by atoms with Crippen LogP contribution in [0.15, 0.2) is 53.4 Å². The zero-order chi connectivity index (χ0) is 15.5. The van der Waals surface area contributed by atoms with Gasteiger partial charge < -0.3 is 5.11 Å². The Labute approximate surface area is 123 Å². The summed E-state index contributed by atoms with van der Waals surface area (Å²) in [5, 5.41) is 9.07. The van der Waals surface area contributed by atoms with Crippen molar-refractivity contribution in [2.24, 2.45) is 0 Å².